The van der Waals surface area contributed by atoms with Crippen LogP contribution >= 0.6 is 0 Å². The third kappa shape index (κ3) is 3.64. The zero-order valence-electron chi connectivity index (χ0n) is 17.9. The molecule has 0 aliphatic carbocycles. The van der Waals surface area contributed by atoms with Crippen molar-refractivity contribution in [1.29, 1.82) is 0 Å². The van der Waals surface area contributed by atoms with Crippen molar-refractivity contribution < 1.29 is 9.59 Å². The van der Waals surface area contributed by atoms with Crippen LogP contribution in [0.3, 0.4) is 0 Å². The highest BCUT2D eigenvalue weighted by atomic mass is 16.2. The molecule has 0 radical (unpaired) electrons. The van der Waals surface area contributed by atoms with Crippen LogP contribution < -0.4 is 10.2 Å². The minimum Gasteiger partial charge on any atom is -0.326 e. The van der Waals surface area contributed by atoms with Gasteiger partial charge in [-0.15, -0.1) is 0 Å². The van der Waals surface area contributed by atoms with Crippen LogP contribution in [0.15, 0.2) is 78.9 Å². The van der Waals surface area contributed by atoms with E-state index in [2.05, 4.69) is 17.4 Å². The van der Waals surface area contributed by atoms with E-state index in [1.807, 2.05) is 78.2 Å². The van der Waals surface area contributed by atoms with Crippen LogP contribution in [0.1, 0.15) is 23.6 Å². The monoisotopic (exact) mass is 424 g/mol. The largest absolute Gasteiger partial charge is 0.326 e. The van der Waals surface area contributed by atoms with E-state index in [9.17, 15) is 9.59 Å². The molecule has 1 aliphatic heterocycles. The molecule has 3 aromatic carbocycles. The van der Waals surface area contributed by atoms with Crippen LogP contribution in [-0.2, 0) is 16.0 Å². The maximum absolute atomic E-state index is 13.4. The van der Waals surface area contributed by atoms with Crippen LogP contribution in [-0.4, -0.2) is 27.9 Å². The molecule has 0 spiro atoms. The Morgan fingerprint density at radius 1 is 0.969 bits per heavy atom. The second-order valence-electron chi connectivity index (χ2n) is 8.08. The van der Waals surface area contributed by atoms with Gasteiger partial charge in [0.25, 0.3) is 5.91 Å². The third-order valence-corrected chi connectivity index (χ3v) is 5.95. The number of carbonyl (C=O) groups is 2. The lowest BCUT2D eigenvalue weighted by Crippen LogP contribution is -2.33. The molecule has 0 bridgehead atoms. The third-order valence-electron chi connectivity index (χ3n) is 5.95. The molecule has 2 heterocycles. The lowest BCUT2D eigenvalue weighted by molar-refractivity contribution is -0.124. The Kier molecular flexibility index (Phi) is 5.19. The number of aryl methyl sites for hydroxylation is 1. The number of nitrogens with one attached hydrogen (secondary N) is 1. The van der Waals surface area contributed by atoms with Gasteiger partial charge in [0.1, 0.15) is 6.04 Å². The first-order chi connectivity index (χ1) is 15.6. The zero-order chi connectivity index (χ0) is 22.1. The fourth-order valence-corrected chi connectivity index (χ4v) is 4.28. The number of para-hydroxylation sites is 3. The molecule has 1 atom stereocenters. The van der Waals surface area contributed by atoms with Crippen LogP contribution in [0.25, 0.3) is 11.0 Å². The topological polar surface area (TPSA) is 67.2 Å². The van der Waals surface area contributed by atoms with E-state index in [1.54, 1.807) is 4.90 Å². The Bertz CT molecular complexity index is 1300. The SMILES string of the molecule is Cc1ccccc1NC(=O)CC1C(=O)N(CCc2ccccc2)c2nc3ccccc3n21. The predicted octanol–water partition coefficient (Wildman–Crippen LogP) is 4.50. The minimum absolute atomic E-state index is 0.0579. The Morgan fingerprint density at radius 2 is 1.69 bits per heavy atom. The molecular weight excluding hydrogens is 400 g/mol. The van der Waals surface area contributed by atoms with Gasteiger partial charge in [0, 0.05) is 12.2 Å². The summed E-state index contributed by atoms with van der Waals surface area (Å²) in [5.41, 5.74) is 4.59. The molecule has 0 saturated heterocycles. The highest BCUT2D eigenvalue weighted by molar-refractivity contribution is 6.05. The van der Waals surface area contributed by atoms with Gasteiger partial charge in [0.15, 0.2) is 0 Å². The first-order valence-corrected chi connectivity index (χ1v) is 10.8. The molecule has 0 saturated carbocycles. The van der Waals surface area contributed by atoms with Gasteiger partial charge in [-0.1, -0.05) is 60.7 Å². The molecule has 160 valence electrons. The minimum atomic E-state index is -0.614. The normalized spacial score (nSPS) is 15.2. The number of anilines is 2. The first kappa shape index (κ1) is 20.0. The Labute approximate surface area is 186 Å². The van der Waals surface area contributed by atoms with Gasteiger partial charge in [0.2, 0.25) is 11.9 Å². The van der Waals surface area contributed by atoms with Crippen LogP contribution in [0, 0.1) is 6.92 Å². The molecule has 1 aromatic heterocycles. The van der Waals surface area contributed by atoms with Gasteiger partial charge in [0.05, 0.1) is 17.5 Å². The van der Waals surface area contributed by atoms with Crippen molar-refractivity contribution in [1.82, 2.24) is 9.55 Å². The van der Waals surface area contributed by atoms with Crippen molar-refractivity contribution in [3.05, 3.63) is 90.0 Å². The highest BCUT2D eigenvalue weighted by Gasteiger charge is 2.40. The molecule has 1 aliphatic rings. The lowest BCUT2D eigenvalue weighted by Gasteiger charge is -2.16. The molecule has 6 heteroatoms. The molecule has 1 unspecified atom stereocenters. The maximum atomic E-state index is 13.4. The summed E-state index contributed by atoms with van der Waals surface area (Å²) >= 11 is 0. The molecule has 4 aromatic rings. The van der Waals surface area contributed by atoms with Crippen LogP contribution in [0.4, 0.5) is 11.6 Å². The summed E-state index contributed by atoms with van der Waals surface area (Å²) in [6.45, 7) is 2.46. The van der Waals surface area contributed by atoms with Gasteiger partial charge >= 0.3 is 0 Å². The van der Waals surface area contributed by atoms with E-state index in [4.69, 9.17) is 4.98 Å². The van der Waals surface area contributed by atoms with E-state index in [0.717, 1.165) is 34.3 Å². The van der Waals surface area contributed by atoms with Crippen molar-refractivity contribution in [2.75, 3.05) is 16.8 Å². The van der Waals surface area contributed by atoms with Gasteiger partial charge < -0.3 is 5.32 Å². The smallest absolute Gasteiger partial charge is 0.253 e. The van der Waals surface area contributed by atoms with Crippen molar-refractivity contribution in [2.24, 2.45) is 0 Å². The number of rotatable bonds is 6. The molecule has 5 rings (SSSR count). The Hall–Kier alpha value is -3.93. The van der Waals surface area contributed by atoms with Gasteiger partial charge in [-0.25, -0.2) is 4.98 Å². The highest BCUT2D eigenvalue weighted by Crippen LogP contribution is 2.36. The summed E-state index contributed by atoms with van der Waals surface area (Å²) in [6, 6.07) is 24.8. The average molecular weight is 425 g/mol. The summed E-state index contributed by atoms with van der Waals surface area (Å²) < 4.78 is 1.92. The van der Waals surface area contributed by atoms with Gasteiger partial charge in [-0.05, 0) is 42.7 Å². The summed E-state index contributed by atoms with van der Waals surface area (Å²) in [6.07, 6.45) is 0.778. The summed E-state index contributed by atoms with van der Waals surface area (Å²) in [5, 5.41) is 2.96. The van der Waals surface area contributed by atoms with E-state index >= 15 is 0 Å². The fourth-order valence-electron chi connectivity index (χ4n) is 4.28. The number of fused-ring (bicyclic) bond motifs is 3. The number of imidazole rings is 1. The molecule has 2 amide bonds. The quantitative estimate of drug-likeness (QED) is 0.495. The summed E-state index contributed by atoms with van der Waals surface area (Å²) in [4.78, 5) is 32.8. The van der Waals surface area contributed by atoms with E-state index in [-0.39, 0.29) is 18.2 Å². The lowest BCUT2D eigenvalue weighted by atomic mass is 10.1. The molecular formula is C26H24N4O2. The second kappa shape index (κ2) is 8.30. The number of aromatic nitrogens is 2. The van der Waals surface area contributed by atoms with Gasteiger partial charge in [-0.2, -0.15) is 0 Å². The summed E-state index contributed by atoms with van der Waals surface area (Å²) in [7, 11) is 0. The number of carbonyl (C=O) groups excluding carboxylic acids is 2. The zero-order valence-corrected chi connectivity index (χ0v) is 17.9. The van der Waals surface area contributed by atoms with E-state index in [1.165, 1.54) is 0 Å². The average Bonchev–Trinajstić information content (AvgIpc) is 3.29. The molecule has 6 nitrogen and oxygen atoms in total. The van der Waals surface area contributed by atoms with E-state index < -0.39 is 6.04 Å². The fraction of sp³-hybridized carbons (Fsp3) is 0.192. The van der Waals surface area contributed by atoms with Crippen LogP contribution in [0.2, 0.25) is 0 Å². The van der Waals surface area contributed by atoms with Gasteiger partial charge in [-0.3, -0.25) is 19.1 Å². The standard InChI is InChI=1S/C26H24N4O2/c1-18-9-5-6-12-20(18)27-24(31)17-23-25(32)29(16-15-19-10-3-2-4-11-19)26-28-21-13-7-8-14-22(21)30(23)26/h2-14,23H,15-17H2,1H3,(H,27,31). The van der Waals surface area contributed by atoms with Crippen molar-refractivity contribution in [3.8, 4) is 0 Å². The Balaban J connectivity index is 1.43. The first-order valence-electron chi connectivity index (χ1n) is 10.8. The number of nitrogens with zero attached hydrogens (tertiary/aromatic N) is 3. The van der Waals surface area contributed by atoms with Crippen molar-refractivity contribution in [3.63, 3.8) is 0 Å². The number of benzene rings is 3. The van der Waals surface area contributed by atoms with Crippen molar-refractivity contribution >= 4 is 34.5 Å². The molecule has 0 fully saturated rings. The number of hydrogen-bond acceptors (Lipinski definition) is 3. The van der Waals surface area contributed by atoms with Crippen LogP contribution in [0.5, 0.6) is 0 Å². The number of amides is 2. The predicted molar refractivity (Wildman–Crippen MR) is 126 cm³/mol. The maximum Gasteiger partial charge on any atom is 0.253 e. The van der Waals surface area contributed by atoms with E-state index in [0.29, 0.717) is 12.5 Å². The Morgan fingerprint density at radius 3 is 2.50 bits per heavy atom. The summed E-state index contributed by atoms with van der Waals surface area (Å²) in [5.74, 6) is 0.334. The molecule has 1 N–H and O–H groups in total. The number of hydrogen-bond donors (Lipinski definition) is 1. The molecule has 32 heavy (non-hydrogen) atoms. The second-order valence-corrected chi connectivity index (χ2v) is 8.08. The van der Waals surface area contributed by atoms with Crippen molar-refractivity contribution in [2.45, 2.75) is 25.8 Å².